The standard InChI is InChI=1S/C16H10ClF3N2O/c1-23-11-6-12(19)14(13(20)7-11)15-16(17)21-8-22(15)10-4-2-3-9(18)5-10/h2-8H,1H3. The van der Waals surface area contributed by atoms with Gasteiger partial charge < -0.3 is 4.74 Å². The van der Waals surface area contributed by atoms with Gasteiger partial charge in [-0.25, -0.2) is 18.2 Å². The van der Waals surface area contributed by atoms with Crippen LogP contribution in [0.4, 0.5) is 13.2 Å². The van der Waals surface area contributed by atoms with E-state index in [1.54, 1.807) is 6.07 Å². The van der Waals surface area contributed by atoms with Crippen LogP contribution in [0.3, 0.4) is 0 Å². The Labute approximate surface area is 134 Å². The zero-order chi connectivity index (χ0) is 16.6. The van der Waals surface area contributed by atoms with E-state index in [0.717, 1.165) is 12.1 Å². The van der Waals surface area contributed by atoms with Crippen molar-refractivity contribution in [2.24, 2.45) is 0 Å². The lowest BCUT2D eigenvalue weighted by Gasteiger charge is -2.12. The zero-order valence-electron chi connectivity index (χ0n) is 11.9. The Bertz CT molecular complexity index is 857. The first-order valence-electron chi connectivity index (χ1n) is 6.53. The van der Waals surface area contributed by atoms with E-state index in [1.165, 1.54) is 36.2 Å². The molecule has 0 unspecified atom stereocenters. The number of benzene rings is 2. The van der Waals surface area contributed by atoms with Gasteiger partial charge in [0, 0.05) is 12.1 Å². The number of rotatable bonds is 3. The zero-order valence-corrected chi connectivity index (χ0v) is 12.6. The second-order valence-electron chi connectivity index (χ2n) is 4.70. The maximum absolute atomic E-state index is 14.3. The molecule has 1 aromatic heterocycles. The van der Waals surface area contributed by atoms with E-state index in [4.69, 9.17) is 16.3 Å². The van der Waals surface area contributed by atoms with Gasteiger partial charge in [-0.3, -0.25) is 4.57 Å². The minimum atomic E-state index is -0.859. The Hall–Kier alpha value is -2.47. The highest BCUT2D eigenvalue weighted by atomic mass is 35.5. The predicted molar refractivity (Wildman–Crippen MR) is 80.4 cm³/mol. The van der Waals surface area contributed by atoms with Crippen molar-refractivity contribution in [1.29, 1.82) is 0 Å². The van der Waals surface area contributed by atoms with Crippen LogP contribution >= 0.6 is 11.6 Å². The number of methoxy groups -OCH3 is 1. The fourth-order valence-corrected chi connectivity index (χ4v) is 2.50. The van der Waals surface area contributed by atoms with Crippen molar-refractivity contribution in [3.8, 4) is 22.7 Å². The van der Waals surface area contributed by atoms with Crippen LogP contribution < -0.4 is 4.74 Å². The number of aromatic nitrogens is 2. The largest absolute Gasteiger partial charge is 0.497 e. The van der Waals surface area contributed by atoms with Crippen molar-refractivity contribution in [2.45, 2.75) is 0 Å². The molecule has 0 aliphatic heterocycles. The molecule has 118 valence electrons. The van der Waals surface area contributed by atoms with Crippen LogP contribution in [-0.4, -0.2) is 16.7 Å². The molecule has 0 saturated carbocycles. The van der Waals surface area contributed by atoms with Crippen LogP contribution in [0.1, 0.15) is 0 Å². The Morgan fingerprint density at radius 2 is 1.78 bits per heavy atom. The summed E-state index contributed by atoms with van der Waals surface area (Å²) in [5.74, 6) is -2.17. The van der Waals surface area contributed by atoms with Crippen molar-refractivity contribution in [3.05, 3.63) is 65.3 Å². The van der Waals surface area contributed by atoms with Gasteiger partial charge in [0.05, 0.1) is 24.1 Å². The first-order chi connectivity index (χ1) is 11.0. The van der Waals surface area contributed by atoms with Gasteiger partial charge in [-0.2, -0.15) is 0 Å². The molecule has 3 nitrogen and oxygen atoms in total. The fourth-order valence-electron chi connectivity index (χ4n) is 2.27. The highest BCUT2D eigenvalue weighted by molar-refractivity contribution is 6.32. The second kappa shape index (κ2) is 5.96. The predicted octanol–water partition coefficient (Wildman–Crippen LogP) is 4.62. The third-order valence-corrected chi connectivity index (χ3v) is 3.57. The summed E-state index contributed by atoms with van der Waals surface area (Å²) in [6.45, 7) is 0. The molecule has 0 aliphatic carbocycles. The lowest BCUT2D eigenvalue weighted by Crippen LogP contribution is -2.00. The van der Waals surface area contributed by atoms with E-state index in [9.17, 15) is 13.2 Å². The van der Waals surface area contributed by atoms with Crippen molar-refractivity contribution < 1.29 is 17.9 Å². The van der Waals surface area contributed by atoms with E-state index in [2.05, 4.69) is 4.98 Å². The first kappa shape index (κ1) is 15.4. The second-order valence-corrected chi connectivity index (χ2v) is 5.06. The van der Waals surface area contributed by atoms with Crippen LogP contribution in [0.25, 0.3) is 16.9 Å². The van der Waals surface area contributed by atoms with Crippen LogP contribution in [0, 0.1) is 17.5 Å². The number of halogens is 4. The van der Waals surface area contributed by atoms with Gasteiger partial charge in [0.1, 0.15) is 29.5 Å². The normalized spacial score (nSPS) is 10.8. The number of hydrogen-bond acceptors (Lipinski definition) is 2. The molecule has 0 N–H and O–H groups in total. The van der Waals surface area contributed by atoms with Crippen molar-refractivity contribution in [3.63, 3.8) is 0 Å². The molecule has 2 aromatic carbocycles. The smallest absolute Gasteiger partial charge is 0.155 e. The summed E-state index contributed by atoms with van der Waals surface area (Å²) < 4.78 is 48.2. The minimum absolute atomic E-state index is 0.00470. The van der Waals surface area contributed by atoms with Crippen LogP contribution in [0.15, 0.2) is 42.7 Å². The third-order valence-electron chi connectivity index (χ3n) is 3.30. The number of nitrogens with zero attached hydrogens (tertiary/aromatic N) is 2. The van der Waals surface area contributed by atoms with Gasteiger partial charge in [0.25, 0.3) is 0 Å². The number of hydrogen-bond donors (Lipinski definition) is 0. The van der Waals surface area contributed by atoms with Crippen molar-refractivity contribution in [2.75, 3.05) is 7.11 Å². The maximum atomic E-state index is 14.3. The Kier molecular flexibility index (Phi) is 4.00. The summed E-state index contributed by atoms with van der Waals surface area (Å²) in [7, 11) is 1.30. The molecule has 0 atom stereocenters. The summed E-state index contributed by atoms with van der Waals surface area (Å²) in [6, 6.07) is 7.60. The van der Waals surface area contributed by atoms with E-state index in [1.807, 2.05) is 0 Å². The highest BCUT2D eigenvalue weighted by Crippen LogP contribution is 2.35. The molecule has 0 amide bonds. The van der Waals surface area contributed by atoms with Crippen LogP contribution in [0.5, 0.6) is 5.75 Å². The van der Waals surface area contributed by atoms with E-state index < -0.39 is 17.5 Å². The minimum Gasteiger partial charge on any atom is -0.497 e. The molecule has 0 bridgehead atoms. The van der Waals surface area contributed by atoms with Gasteiger partial charge >= 0.3 is 0 Å². The molecular formula is C16H10ClF3N2O. The van der Waals surface area contributed by atoms with Crippen LogP contribution in [-0.2, 0) is 0 Å². The van der Waals surface area contributed by atoms with Crippen molar-refractivity contribution in [1.82, 2.24) is 9.55 Å². The van der Waals surface area contributed by atoms with E-state index >= 15 is 0 Å². The van der Waals surface area contributed by atoms with Gasteiger partial charge in [-0.05, 0) is 18.2 Å². The maximum Gasteiger partial charge on any atom is 0.155 e. The van der Waals surface area contributed by atoms with Gasteiger partial charge in [-0.15, -0.1) is 0 Å². The molecule has 0 fully saturated rings. The summed E-state index contributed by atoms with van der Waals surface area (Å²) in [6.07, 6.45) is 1.27. The van der Waals surface area contributed by atoms with Crippen molar-refractivity contribution >= 4 is 11.6 Å². The van der Waals surface area contributed by atoms with E-state index in [0.29, 0.717) is 5.69 Å². The molecule has 3 aromatic rings. The van der Waals surface area contributed by atoms with Gasteiger partial charge in [0.2, 0.25) is 0 Å². The molecule has 0 saturated heterocycles. The van der Waals surface area contributed by atoms with E-state index in [-0.39, 0.29) is 22.2 Å². The Morgan fingerprint density at radius 1 is 1.09 bits per heavy atom. The third kappa shape index (κ3) is 2.77. The lowest BCUT2D eigenvalue weighted by molar-refractivity contribution is 0.407. The summed E-state index contributed by atoms with van der Waals surface area (Å²) in [4.78, 5) is 3.87. The quantitative estimate of drug-likeness (QED) is 0.697. The highest BCUT2D eigenvalue weighted by Gasteiger charge is 2.22. The molecule has 0 aliphatic rings. The Balaban J connectivity index is 2.24. The number of imidazole rings is 1. The van der Waals surface area contributed by atoms with Gasteiger partial charge in [0.15, 0.2) is 5.15 Å². The summed E-state index contributed by atoms with van der Waals surface area (Å²) in [5.41, 5.74) is -0.0264. The number of ether oxygens (including phenoxy) is 1. The van der Waals surface area contributed by atoms with Crippen LogP contribution in [0.2, 0.25) is 5.15 Å². The average molecular weight is 339 g/mol. The molecular weight excluding hydrogens is 329 g/mol. The molecule has 23 heavy (non-hydrogen) atoms. The summed E-state index contributed by atoms with van der Waals surface area (Å²) in [5, 5.41) is -0.0998. The molecule has 1 heterocycles. The van der Waals surface area contributed by atoms with Gasteiger partial charge in [-0.1, -0.05) is 17.7 Å². The molecule has 7 heteroatoms. The monoisotopic (exact) mass is 338 g/mol. The Morgan fingerprint density at radius 3 is 2.39 bits per heavy atom. The SMILES string of the molecule is COc1cc(F)c(-c2c(Cl)ncn2-c2cccc(F)c2)c(F)c1. The lowest BCUT2D eigenvalue weighted by atomic mass is 10.1. The molecule has 3 rings (SSSR count). The molecule has 0 radical (unpaired) electrons. The summed E-state index contributed by atoms with van der Waals surface area (Å²) >= 11 is 6.00. The molecule has 0 spiro atoms. The average Bonchev–Trinajstić information content (AvgIpc) is 2.88. The first-order valence-corrected chi connectivity index (χ1v) is 6.91. The topological polar surface area (TPSA) is 27.1 Å². The fraction of sp³-hybridized carbons (Fsp3) is 0.0625.